The molecule has 3 aromatic rings. The number of thiophene rings is 1. The molecule has 0 unspecified atom stereocenters. The lowest BCUT2D eigenvalue weighted by Gasteiger charge is -2.20. The molecule has 7 nitrogen and oxygen atoms in total. The standard InChI is InChI=1S/C21H21N3O4S/c1-15-5-2-6-16(11-15)23-19(25)12-22-20(26)14-24(13-17-7-3-9-28-17)21(27)18-8-4-10-29-18/h2-11H,12-14H2,1H3,(H,22,26)(H,23,25). The average molecular weight is 411 g/mol. The van der Waals surface area contributed by atoms with Gasteiger partial charge in [-0.2, -0.15) is 0 Å². The maximum Gasteiger partial charge on any atom is 0.264 e. The van der Waals surface area contributed by atoms with Gasteiger partial charge in [0.15, 0.2) is 0 Å². The second kappa shape index (κ2) is 9.70. The van der Waals surface area contributed by atoms with Crippen LogP contribution in [0.2, 0.25) is 0 Å². The molecule has 0 radical (unpaired) electrons. The van der Waals surface area contributed by atoms with Gasteiger partial charge in [0.2, 0.25) is 11.8 Å². The van der Waals surface area contributed by atoms with E-state index in [0.29, 0.717) is 16.3 Å². The third-order valence-electron chi connectivity index (χ3n) is 4.03. The zero-order chi connectivity index (χ0) is 20.6. The second-order valence-corrected chi connectivity index (χ2v) is 7.36. The number of carbonyl (C=O) groups excluding carboxylic acids is 3. The molecule has 2 aromatic heterocycles. The number of nitrogens with zero attached hydrogens (tertiary/aromatic N) is 1. The molecule has 29 heavy (non-hydrogen) atoms. The summed E-state index contributed by atoms with van der Waals surface area (Å²) in [6, 6.07) is 14.3. The Labute approximate surface area is 172 Å². The molecule has 8 heteroatoms. The Kier molecular flexibility index (Phi) is 6.80. The van der Waals surface area contributed by atoms with E-state index in [1.54, 1.807) is 35.7 Å². The SMILES string of the molecule is Cc1cccc(NC(=O)CNC(=O)CN(Cc2ccco2)C(=O)c2cccs2)c1. The van der Waals surface area contributed by atoms with Gasteiger partial charge >= 0.3 is 0 Å². The van der Waals surface area contributed by atoms with Gasteiger partial charge in [-0.25, -0.2) is 0 Å². The normalized spacial score (nSPS) is 10.4. The van der Waals surface area contributed by atoms with Crippen LogP contribution in [0.5, 0.6) is 0 Å². The average Bonchev–Trinajstić information content (AvgIpc) is 3.39. The minimum Gasteiger partial charge on any atom is -0.467 e. The van der Waals surface area contributed by atoms with Gasteiger partial charge < -0.3 is 20.0 Å². The fraction of sp³-hybridized carbons (Fsp3) is 0.190. The molecule has 1 aromatic carbocycles. The summed E-state index contributed by atoms with van der Waals surface area (Å²) in [5, 5.41) is 7.08. The summed E-state index contributed by atoms with van der Waals surface area (Å²) >= 11 is 1.30. The van der Waals surface area contributed by atoms with Crippen molar-refractivity contribution < 1.29 is 18.8 Å². The van der Waals surface area contributed by atoms with Crippen molar-refractivity contribution in [3.8, 4) is 0 Å². The molecular weight excluding hydrogens is 390 g/mol. The van der Waals surface area contributed by atoms with Crippen LogP contribution in [0.1, 0.15) is 21.0 Å². The first-order chi connectivity index (χ1) is 14.0. The first-order valence-corrected chi connectivity index (χ1v) is 9.87. The monoisotopic (exact) mass is 411 g/mol. The van der Waals surface area contributed by atoms with Crippen molar-refractivity contribution in [1.29, 1.82) is 0 Å². The van der Waals surface area contributed by atoms with Gasteiger partial charge in [-0.15, -0.1) is 11.3 Å². The summed E-state index contributed by atoms with van der Waals surface area (Å²) in [4.78, 5) is 39.1. The topological polar surface area (TPSA) is 91.7 Å². The lowest BCUT2D eigenvalue weighted by molar-refractivity contribution is -0.124. The lowest BCUT2D eigenvalue weighted by Crippen LogP contribution is -2.42. The number of hydrogen-bond acceptors (Lipinski definition) is 5. The van der Waals surface area contributed by atoms with Crippen molar-refractivity contribution in [2.24, 2.45) is 0 Å². The molecule has 3 rings (SSSR count). The van der Waals surface area contributed by atoms with Crippen LogP contribution in [-0.4, -0.2) is 35.7 Å². The Balaban J connectivity index is 1.56. The van der Waals surface area contributed by atoms with E-state index in [9.17, 15) is 14.4 Å². The van der Waals surface area contributed by atoms with Crippen molar-refractivity contribution in [1.82, 2.24) is 10.2 Å². The fourth-order valence-electron chi connectivity index (χ4n) is 2.68. The molecule has 0 bridgehead atoms. The van der Waals surface area contributed by atoms with E-state index < -0.39 is 5.91 Å². The van der Waals surface area contributed by atoms with Crippen molar-refractivity contribution in [3.05, 3.63) is 76.4 Å². The highest BCUT2D eigenvalue weighted by molar-refractivity contribution is 7.12. The third-order valence-corrected chi connectivity index (χ3v) is 4.89. The van der Waals surface area contributed by atoms with Crippen LogP contribution in [0.4, 0.5) is 5.69 Å². The number of anilines is 1. The van der Waals surface area contributed by atoms with Crippen LogP contribution in [-0.2, 0) is 16.1 Å². The Morgan fingerprint density at radius 1 is 1.07 bits per heavy atom. The Morgan fingerprint density at radius 2 is 1.93 bits per heavy atom. The van der Waals surface area contributed by atoms with Gasteiger partial charge in [-0.3, -0.25) is 14.4 Å². The molecule has 0 spiro atoms. The molecule has 0 saturated heterocycles. The number of aryl methyl sites for hydroxylation is 1. The number of rotatable bonds is 8. The second-order valence-electron chi connectivity index (χ2n) is 6.41. The highest BCUT2D eigenvalue weighted by Gasteiger charge is 2.21. The van der Waals surface area contributed by atoms with E-state index in [1.807, 2.05) is 25.1 Å². The smallest absolute Gasteiger partial charge is 0.264 e. The third kappa shape index (κ3) is 6.05. The van der Waals surface area contributed by atoms with E-state index in [1.165, 1.54) is 22.5 Å². The summed E-state index contributed by atoms with van der Waals surface area (Å²) in [6.07, 6.45) is 1.51. The van der Waals surface area contributed by atoms with E-state index in [4.69, 9.17) is 4.42 Å². The highest BCUT2D eigenvalue weighted by Crippen LogP contribution is 2.15. The van der Waals surface area contributed by atoms with Gasteiger partial charge in [-0.1, -0.05) is 18.2 Å². The summed E-state index contributed by atoms with van der Waals surface area (Å²) in [7, 11) is 0. The van der Waals surface area contributed by atoms with Crippen LogP contribution in [0.25, 0.3) is 0 Å². The largest absolute Gasteiger partial charge is 0.467 e. The molecular formula is C21H21N3O4S. The zero-order valence-corrected chi connectivity index (χ0v) is 16.7. The predicted molar refractivity (Wildman–Crippen MR) is 111 cm³/mol. The van der Waals surface area contributed by atoms with Crippen LogP contribution in [0.3, 0.4) is 0 Å². The molecule has 2 heterocycles. The minimum absolute atomic E-state index is 0.159. The van der Waals surface area contributed by atoms with Crippen molar-refractivity contribution in [2.75, 3.05) is 18.4 Å². The molecule has 150 valence electrons. The Hall–Kier alpha value is -3.39. The van der Waals surface area contributed by atoms with Crippen LogP contribution < -0.4 is 10.6 Å². The Bertz CT molecular complexity index is 968. The van der Waals surface area contributed by atoms with Crippen molar-refractivity contribution in [2.45, 2.75) is 13.5 Å². The number of furan rings is 1. The Morgan fingerprint density at radius 3 is 2.62 bits per heavy atom. The molecule has 3 amide bonds. The van der Waals surface area contributed by atoms with Gasteiger partial charge in [0.1, 0.15) is 12.3 Å². The summed E-state index contributed by atoms with van der Waals surface area (Å²) in [5.74, 6) is -0.470. The lowest BCUT2D eigenvalue weighted by atomic mass is 10.2. The summed E-state index contributed by atoms with van der Waals surface area (Å²) < 4.78 is 5.30. The first-order valence-electron chi connectivity index (χ1n) is 8.99. The zero-order valence-electron chi connectivity index (χ0n) is 15.9. The van der Waals surface area contributed by atoms with E-state index in [-0.39, 0.29) is 31.4 Å². The minimum atomic E-state index is -0.430. The fourth-order valence-corrected chi connectivity index (χ4v) is 3.37. The van der Waals surface area contributed by atoms with E-state index in [2.05, 4.69) is 10.6 Å². The maximum atomic E-state index is 12.7. The van der Waals surface area contributed by atoms with Gasteiger partial charge in [0.25, 0.3) is 5.91 Å². The summed E-state index contributed by atoms with van der Waals surface area (Å²) in [6.45, 7) is 1.71. The van der Waals surface area contributed by atoms with E-state index >= 15 is 0 Å². The number of hydrogen-bond donors (Lipinski definition) is 2. The van der Waals surface area contributed by atoms with Crippen molar-refractivity contribution in [3.63, 3.8) is 0 Å². The summed E-state index contributed by atoms with van der Waals surface area (Å²) in [5.41, 5.74) is 1.68. The molecule has 0 aliphatic heterocycles. The number of carbonyl (C=O) groups is 3. The van der Waals surface area contributed by atoms with Crippen molar-refractivity contribution >= 4 is 34.7 Å². The van der Waals surface area contributed by atoms with Crippen LogP contribution in [0.15, 0.2) is 64.6 Å². The first kappa shape index (κ1) is 20.3. The van der Waals surface area contributed by atoms with Gasteiger partial charge in [0, 0.05) is 5.69 Å². The number of amides is 3. The van der Waals surface area contributed by atoms with Gasteiger partial charge in [-0.05, 0) is 48.2 Å². The van der Waals surface area contributed by atoms with Crippen LogP contribution in [0, 0.1) is 6.92 Å². The van der Waals surface area contributed by atoms with Gasteiger partial charge in [0.05, 0.1) is 24.2 Å². The highest BCUT2D eigenvalue weighted by atomic mass is 32.1. The quantitative estimate of drug-likeness (QED) is 0.596. The molecule has 0 saturated carbocycles. The molecule has 0 aliphatic rings. The number of benzene rings is 1. The molecule has 0 aliphatic carbocycles. The molecule has 0 fully saturated rings. The predicted octanol–water partition coefficient (Wildman–Crippen LogP) is 3.05. The molecule has 0 atom stereocenters. The maximum absolute atomic E-state index is 12.7. The number of nitrogens with one attached hydrogen (secondary N) is 2. The molecule has 2 N–H and O–H groups in total. The van der Waals surface area contributed by atoms with E-state index in [0.717, 1.165) is 5.56 Å². The van der Waals surface area contributed by atoms with Crippen LogP contribution >= 0.6 is 11.3 Å².